The van der Waals surface area contributed by atoms with E-state index < -0.39 is 0 Å². The SMILES string of the molecule is CCN(CC(=O)NC(C)C)c1cccnc1CN. The summed E-state index contributed by atoms with van der Waals surface area (Å²) in [6, 6.07) is 3.96. The van der Waals surface area contributed by atoms with Crippen molar-refractivity contribution in [1.82, 2.24) is 10.3 Å². The van der Waals surface area contributed by atoms with Crippen molar-refractivity contribution in [3.63, 3.8) is 0 Å². The molecule has 0 spiro atoms. The lowest BCUT2D eigenvalue weighted by Crippen LogP contribution is -2.40. The lowest BCUT2D eigenvalue weighted by atomic mass is 10.2. The molecule has 0 fully saturated rings. The highest BCUT2D eigenvalue weighted by atomic mass is 16.2. The molecule has 0 aliphatic carbocycles. The molecule has 0 radical (unpaired) electrons. The Bertz CT molecular complexity index is 392. The molecule has 0 aromatic carbocycles. The van der Waals surface area contributed by atoms with Crippen molar-refractivity contribution in [2.75, 3.05) is 18.0 Å². The van der Waals surface area contributed by atoms with E-state index in [1.807, 2.05) is 37.8 Å². The highest BCUT2D eigenvalue weighted by molar-refractivity contribution is 5.81. The number of carbonyl (C=O) groups excluding carboxylic acids is 1. The van der Waals surface area contributed by atoms with Crippen LogP contribution in [0.5, 0.6) is 0 Å². The Morgan fingerprint density at radius 2 is 2.28 bits per heavy atom. The van der Waals surface area contributed by atoms with Crippen molar-refractivity contribution in [3.05, 3.63) is 24.0 Å². The molecular formula is C13H22N4O. The van der Waals surface area contributed by atoms with Gasteiger partial charge in [0.15, 0.2) is 0 Å². The fourth-order valence-corrected chi connectivity index (χ4v) is 1.78. The van der Waals surface area contributed by atoms with Crippen molar-refractivity contribution >= 4 is 11.6 Å². The van der Waals surface area contributed by atoms with Gasteiger partial charge in [0.2, 0.25) is 5.91 Å². The van der Waals surface area contributed by atoms with Crippen LogP contribution in [0.2, 0.25) is 0 Å². The van der Waals surface area contributed by atoms with Crippen molar-refractivity contribution in [1.29, 1.82) is 0 Å². The van der Waals surface area contributed by atoms with E-state index >= 15 is 0 Å². The fourth-order valence-electron chi connectivity index (χ4n) is 1.78. The number of amides is 1. The topological polar surface area (TPSA) is 71.2 Å². The van der Waals surface area contributed by atoms with Crippen LogP contribution in [0.4, 0.5) is 5.69 Å². The third-order valence-electron chi connectivity index (χ3n) is 2.57. The number of pyridine rings is 1. The molecular weight excluding hydrogens is 228 g/mol. The Morgan fingerprint density at radius 3 is 2.83 bits per heavy atom. The molecule has 0 saturated carbocycles. The van der Waals surface area contributed by atoms with Gasteiger partial charge in [-0.25, -0.2) is 0 Å². The third kappa shape index (κ3) is 4.00. The molecule has 100 valence electrons. The zero-order valence-corrected chi connectivity index (χ0v) is 11.3. The lowest BCUT2D eigenvalue weighted by Gasteiger charge is -2.24. The van der Waals surface area contributed by atoms with Crippen LogP contribution >= 0.6 is 0 Å². The van der Waals surface area contributed by atoms with Crippen LogP contribution in [0.3, 0.4) is 0 Å². The molecule has 0 aliphatic rings. The average Bonchev–Trinajstić information content (AvgIpc) is 2.35. The number of aromatic nitrogens is 1. The van der Waals surface area contributed by atoms with E-state index in [1.54, 1.807) is 6.20 Å². The average molecular weight is 250 g/mol. The van der Waals surface area contributed by atoms with Crippen LogP contribution < -0.4 is 16.0 Å². The number of carbonyl (C=O) groups is 1. The van der Waals surface area contributed by atoms with Gasteiger partial charge in [-0.3, -0.25) is 9.78 Å². The van der Waals surface area contributed by atoms with E-state index in [0.29, 0.717) is 13.1 Å². The second kappa shape index (κ2) is 6.96. The van der Waals surface area contributed by atoms with E-state index in [4.69, 9.17) is 5.73 Å². The highest BCUT2D eigenvalue weighted by Gasteiger charge is 2.13. The maximum atomic E-state index is 11.8. The first-order valence-corrected chi connectivity index (χ1v) is 6.26. The first kappa shape index (κ1) is 14.4. The normalized spacial score (nSPS) is 10.5. The van der Waals surface area contributed by atoms with Crippen molar-refractivity contribution in [3.8, 4) is 0 Å². The van der Waals surface area contributed by atoms with Crippen molar-refractivity contribution in [2.45, 2.75) is 33.4 Å². The molecule has 3 N–H and O–H groups in total. The summed E-state index contributed by atoms with van der Waals surface area (Å²) < 4.78 is 0. The van der Waals surface area contributed by atoms with Gasteiger partial charge in [0.05, 0.1) is 17.9 Å². The number of nitrogens with zero attached hydrogens (tertiary/aromatic N) is 2. The van der Waals surface area contributed by atoms with Crippen molar-refractivity contribution in [2.24, 2.45) is 5.73 Å². The van der Waals surface area contributed by atoms with Gasteiger partial charge in [0.25, 0.3) is 0 Å². The van der Waals surface area contributed by atoms with Crippen LogP contribution in [0.25, 0.3) is 0 Å². The van der Waals surface area contributed by atoms with Gasteiger partial charge >= 0.3 is 0 Å². The summed E-state index contributed by atoms with van der Waals surface area (Å²) in [6.07, 6.45) is 1.72. The summed E-state index contributed by atoms with van der Waals surface area (Å²) in [6.45, 7) is 7.35. The van der Waals surface area contributed by atoms with Crippen molar-refractivity contribution < 1.29 is 4.79 Å². The Balaban J connectivity index is 2.79. The molecule has 1 aromatic rings. The molecule has 1 rings (SSSR count). The molecule has 0 aliphatic heterocycles. The van der Waals surface area contributed by atoms with E-state index in [-0.39, 0.29) is 11.9 Å². The Hall–Kier alpha value is -1.62. The Morgan fingerprint density at radius 1 is 1.56 bits per heavy atom. The van der Waals surface area contributed by atoms with Gasteiger partial charge < -0.3 is 16.0 Å². The lowest BCUT2D eigenvalue weighted by molar-refractivity contribution is -0.120. The monoisotopic (exact) mass is 250 g/mol. The molecule has 5 nitrogen and oxygen atoms in total. The molecule has 0 unspecified atom stereocenters. The minimum Gasteiger partial charge on any atom is -0.361 e. The summed E-state index contributed by atoms with van der Waals surface area (Å²) in [4.78, 5) is 18.0. The number of nitrogens with two attached hydrogens (primary N) is 1. The molecule has 1 amide bonds. The Labute approximate surface area is 108 Å². The first-order valence-electron chi connectivity index (χ1n) is 6.26. The van der Waals surface area contributed by atoms with Crippen LogP contribution in [0.15, 0.2) is 18.3 Å². The second-order valence-corrected chi connectivity index (χ2v) is 4.41. The molecule has 1 aromatic heterocycles. The number of hydrogen-bond donors (Lipinski definition) is 2. The number of hydrogen-bond acceptors (Lipinski definition) is 4. The number of nitrogens with one attached hydrogen (secondary N) is 1. The highest BCUT2D eigenvalue weighted by Crippen LogP contribution is 2.17. The van der Waals surface area contributed by atoms with Gasteiger partial charge in [-0.05, 0) is 32.9 Å². The van der Waals surface area contributed by atoms with Gasteiger partial charge in [-0.2, -0.15) is 0 Å². The predicted octanol–water partition coefficient (Wildman–Crippen LogP) is 0.891. The maximum Gasteiger partial charge on any atom is 0.239 e. The number of likely N-dealkylation sites (N-methyl/N-ethyl adjacent to an activating group) is 1. The second-order valence-electron chi connectivity index (χ2n) is 4.41. The standard InChI is InChI=1S/C13H22N4O/c1-4-17(9-13(18)16-10(2)3)12-6-5-7-15-11(12)8-14/h5-7,10H,4,8-9,14H2,1-3H3,(H,16,18). The molecule has 5 heteroatoms. The summed E-state index contributed by atoms with van der Waals surface area (Å²) in [7, 11) is 0. The van der Waals surface area contributed by atoms with Crippen LogP contribution in [0, 0.1) is 0 Å². The molecule has 0 atom stereocenters. The predicted molar refractivity (Wildman–Crippen MR) is 73.3 cm³/mol. The van der Waals surface area contributed by atoms with Gasteiger partial charge in [-0.15, -0.1) is 0 Å². The summed E-state index contributed by atoms with van der Waals surface area (Å²) >= 11 is 0. The van der Waals surface area contributed by atoms with E-state index in [1.165, 1.54) is 0 Å². The molecule has 0 bridgehead atoms. The minimum atomic E-state index is 0.0127. The minimum absolute atomic E-state index is 0.0127. The third-order valence-corrected chi connectivity index (χ3v) is 2.57. The van der Waals surface area contributed by atoms with E-state index in [9.17, 15) is 4.79 Å². The zero-order chi connectivity index (χ0) is 13.5. The van der Waals surface area contributed by atoms with Crippen LogP contribution in [-0.2, 0) is 11.3 Å². The summed E-state index contributed by atoms with van der Waals surface area (Å²) in [5.41, 5.74) is 7.41. The van der Waals surface area contributed by atoms with Gasteiger partial charge in [-0.1, -0.05) is 0 Å². The fraction of sp³-hybridized carbons (Fsp3) is 0.538. The number of rotatable bonds is 6. The first-order chi connectivity index (χ1) is 8.58. The van der Waals surface area contributed by atoms with E-state index in [0.717, 1.165) is 17.9 Å². The quantitative estimate of drug-likeness (QED) is 0.786. The smallest absolute Gasteiger partial charge is 0.239 e. The zero-order valence-electron chi connectivity index (χ0n) is 11.3. The van der Waals surface area contributed by atoms with Gasteiger partial charge in [0, 0.05) is 25.3 Å². The maximum absolute atomic E-state index is 11.8. The van der Waals surface area contributed by atoms with Gasteiger partial charge in [0.1, 0.15) is 0 Å². The Kier molecular flexibility index (Phi) is 5.58. The van der Waals surface area contributed by atoms with Crippen LogP contribution in [0.1, 0.15) is 26.5 Å². The molecule has 18 heavy (non-hydrogen) atoms. The van der Waals surface area contributed by atoms with Crippen LogP contribution in [-0.4, -0.2) is 30.0 Å². The number of anilines is 1. The summed E-state index contributed by atoms with van der Waals surface area (Å²) in [5.74, 6) is 0.0127. The summed E-state index contributed by atoms with van der Waals surface area (Å²) in [5, 5.41) is 2.88. The molecule has 1 heterocycles. The largest absolute Gasteiger partial charge is 0.361 e. The molecule has 0 saturated heterocycles. The van der Waals surface area contributed by atoms with E-state index in [2.05, 4.69) is 10.3 Å².